The number of halogens is 2. The molecule has 0 atom stereocenters. The van der Waals surface area contributed by atoms with Crippen LogP contribution in [0.25, 0.3) is 0 Å². The fourth-order valence-electron chi connectivity index (χ4n) is 3.37. The second-order valence-electron chi connectivity index (χ2n) is 7.77. The SMILES string of the molecule is CC1=[C-]C(C)(C)C(C)=C1C.CC1=[C-]C([Si]2(C)CCC2)=CC1.[Cl-].[Cl-].[Ti+4]. The van der Waals surface area contributed by atoms with Gasteiger partial charge in [0.1, 0.15) is 0 Å². The minimum Gasteiger partial charge on any atom is -1.00 e. The molecule has 0 saturated carbocycles. The Morgan fingerprint density at radius 1 is 1.04 bits per heavy atom. The molecule has 0 radical (unpaired) electrons. The molecule has 0 N–H and O–H groups in total. The van der Waals surface area contributed by atoms with Crippen molar-refractivity contribution in [3.05, 3.63) is 45.7 Å². The molecule has 1 fully saturated rings. The minimum absolute atomic E-state index is 0. The molecule has 2 aliphatic carbocycles. The first kappa shape index (κ1) is 26.7. The van der Waals surface area contributed by atoms with Crippen molar-refractivity contribution in [3.8, 4) is 0 Å². The van der Waals surface area contributed by atoms with E-state index in [0.717, 1.165) is 0 Å². The smallest absolute Gasteiger partial charge is 1.00 e. The molecule has 0 unspecified atom stereocenters. The van der Waals surface area contributed by atoms with E-state index >= 15 is 0 Å². The molecule has 3 rings (SSSR count). The largest absolute Gasteiger partial charge is 4.00 e. The van der Waals surface area contributed by atoms with E-state index in [4.69, 9.17) is 0 Å². The van der Waals surface area contributed by atoms with Gasteiger partial charge in [-0.2, -0.15) is 16.7 Å². The Balaban J connectivity index is 0. The molecule has 0 spiro atoms. The van der Waals surface area contributed by atoms with Crippen LogP contribution in [0, 0.1) is 17.6 Å². The van der Waals surface area contributed by atoms with Crippen molar-refractivity contribution in [1.29, 1.82) is 0 Å². The number of rotatable bonds is 1. The molecule has 0 nitrogen and oxygen atoms in total. The molecule has 0 aromatic rings. The van der Waals surface area contributed by atoms with Gasteiger partial charge >= 0.3 is 21.7 Å². The Labute approximate surface area is 178 Å². The summed E-state index contributed by atoms with van der Waals surface area (Å²) >= 11 is 0. The summed E-state index contributed by atoms with van der Waals surface area (Å²) in [5, 5.41) is 1.63. The molecule has 132 valence electrons. The van der Waals surface area contributed by atoms with Crippen molar-refractivity contribution in [1.82, 2.24) is 0 Å². The fourth-order valence-corrected chi connectivity index (χ4v) is 6.43. The van der Waals surface area contributed by atoms with Crippen molar-refractivity contribution in [3.63, 3.8) is 0 Å². The Morgan fingerprint density at radius 2 is 1.58 bits per heavy atom. The maximum absolute atomic E-state index is 3.54. The molecular weight excluding hydrogens is 387 g/mol. The molecule has 0 amide bonds. The quantitative estimate of drug-likeness (QED) is 0.423. The van der Waals surface area contributed by atoms with Gasteiger partial charge < -0.3 is 24.8 Å². The first-order chi connectivity index (χ1) is 9.66. The average Bonchev–Trinajstić information content (AvgIpc) is 2.87. The van der Waals surface area contributed by atoms with E-state index in [2.05, 4.69) is 66.3 Å². The number of allylic oxidation sites excluding steroid dienone is 8. The van der Waals surface area contributed by atoms with E-state index in [9.17, 15) is 0 Å². The van der Waals surface area contributed by atoms with Gasteiger partial charge in [-0.15, -0.1) is 6.92 Å². The summed E-state index contributed by atoms with van der Waals surface area (Å²) in [7, 11) is -0.876. The van der Waals surface area contributed by atoms with Crippen molar-refractivity contribution in [2.45, 2.75) is 73.0 Å². The first-order valence-corrected chi connectivity index (χ1v) is 11.2. The van der Waals surface area contributed by atoms with Crippen LogP contribution in [0.5, 0.6) is 0 Å². The second-order valence-corrected chi connectivity index (χ2v) is 12.4. The zero-order chi connectivity index (χ0) is 15.8. The van der Waals surface area contributed by atoms with Gasteiger partial charge in [-0.25, -0.2) is 16.8 Å². The Morgan fingerprint density at radius 3 is 1.79 bits per heavy atom. The van der Waals surface area contributed by atoms with Crippen LogP contribution < -0.4 is 24.8 Å². The van der Waals surface area contributed by atoms with E-state index in [1.807, 2.05) is 0 Å². The normalized spacial score (nSPS) is 22.4. The van der Waals surface area contributed by atoms with E-state index < -0.39 is 8.07 Å². The van der Waals surface area contributed by atoms with Crippen LogP contribution in [-0.2, 0) is 21.7 Å². The summed E-state index contributed by atoms with van der Waals surface area (Å²) in [5.74, 6) is 0. The molecule has 0 aromatic heterocycles. The van der Waals surface area contributed by atoms with Gasteiger partial charge in [0.05, 0.1) is 0 Å². The van der Waals surface area contributed by atoms with Crippen molar-refractivity contribution in [2.24, 2.45) is 5.41 Å². The third kappa shape index (κ3) is 5.74. The van der Waals surface area contributed by atoms with Gasteiger partial charge in [0.15, 0.2) is 0 Å². The van der Waals surface area contributed by atoms with E-state index in [-0.39, 0.29) is 51.9 Å². The number of hydrogen-bond donors (Lipinski definition) is 0. The Bertz CT molecular complexity index is 564. The molecule has 4 heteroatoms. The van der Waals surface area contributed by atoms with Crippen LogP contribution in [0.15, 0.2) is 33.6 Å². The second kappa shape index (κ2) is 9.97. The third-order valence-corrected chi connectivity index (χ3v) is 10.2. The molecule has 0 aromatic carbocycles. The zero-order valence-electron chi connectivity index (χ0n) is 16.2. The fraction of sp³-hybridized carbons (Fsp3) is 0.600. The van der Waals surface area contributed by atoms with Crippen LogP contribution >= 0.6 is 0 Å². The van der Waals surface area contributed by atoms with Crippen LogP contribution in [0.3, 0.4) is 0 Å². The minimum atomic E-state index is -0.876. The molecule has 1 aliphatic heterocycles. The van der Waals surface area contributed by atoms with Crippen LogP contribution in [0.4, 0.5) is 0 Å². The van der Waals surface area contributed by atoms with Gasteiger partial charge in [0.25, 0.3) is 0 Å². The molecular formula is C20H30Cl2SiTi. The standard InChI is InChI=1S/C10H15Si.C10H15.2ClH.Ti/c1-9-4-5-10(8-9)11(2)6-3-7-11;1-7-6-10(4,5)9(3)8(7)2;;;/h5H,3-4,6-7H2,1-2H3;1-5H3;2*1H;/q2*-1;;;+4/p-2. The van der Waals surface area contributed by atoms with Gasteiger partial charge in [-0.3, -0.25) is 12.2 Å². The zero-order valence-corrected chi connectivity index (χ0v) is 20.2. The Kier molecular flexibility index (Phi) is 11.1. The monoisotopic (exact) mass is 416 g/mol. The van der Waals surface area contributed by atoms with E-state index in [1.54, 1.807) is 5.20 Å². The maximum Gasteiger partial charge on any atom is 4.00 e. The van der Waals surface area contributed by atoms with Gasteiger partial charge in [-0.1, -0.05) is 71.5 Å². The van der Waals surface area contributed by atoms with E-state index in [0.29, 0.717) is 0 Å². The predicted octanol–water partition coefficient (Wildman–Crippen LogP) is 0.205. The van der Waals surface area contributed by atoms with Crippen molar-refractivity contribution < 1.29 is 46.5 Å². The molecule has 3 aliphatic rings. The van der Waals surface area contributed by atoms with Crippen LogP contribution in [-0.4, -0.2) is 8.07 Å². The predicted molar refractivity (Wildman–Crippen MR) is 95.6 cm³/mol. The first-order valence-electron chi connectivity index (χ1n) is 8.26. The summed E-state index contributed by atoms with van der Waals surface area (Å²) in [6.07, 6.45) is 12.0. The molecule has 1 heterocycles. The van der Waals surface area contributed by atoms with Crippen molar-refractivity contribution in [2.75, 3.05) is 0 Å². The van der Waals surface area contributed by atoms with Crippen LogP contribution in [0.1, 0.15) is 54.4 Å². The molecule has 0 bridgehead atoms. The topological polar surface area (TPSA) is 0 Å². The summed E-state index contributed by atoms with van der Waals surface area (Å²) in [6, 6.07) is 3.03. The van der Waals surface area contributed by atoms with Gasteiger partial charge in [-0.05, 0) is 0 Å². The summed E-state index contributed by atoms with van der Waals surface area (Å²) in [6.45, 7) is 15.6. The summed E-state index contributed by atoms with van der Waals surface area (Å²) < 4.78 is 0. The maximum atomic E-state index is 3.54. The molecule has 24 heavy (non-hydrogen) atoms. The average molecular weight is 417 g/mol. The van der Waals surface area contributed by atoms with Gasteiger partial charge in [0.2, 0.25) is 0 Å². The Hall–Kier alpha value is 0.471. The van der Waals surface area contributed by atoms with Crippen LogP contribution in [0.2, 0.25) is 18.6 Å². The number of hydrogen-bond acceptors (Lipinski definition) is 0. The van der Waals surface area contributed by atoms with Crippen molar-refractivity contribution >= 4 is 8.07 Å². The third-order valence-electron chi connectivity index (χ3n) is 5.63. The summed E-state index contributed by atoms with van der Waals surface area (Å²) in [4.78, 5) is 0. The summed E-state index contributed by atoms with van der Waals surface area (Å²) in [5.41, 5.74) is 5.84. The van der Waals surface area contributed by atoms with Gasteiger partial charge in [0, 0.05) is 8.07 Å². The van der Waals surface area contributed by atoms with E-state index in [1.165, 1.54) is 47.2 Å². The molecule has 1 saturated heterocycles.